The molecule has 5 nitrogen and oxygen atoms in total. The van der Waals surface area contributed by atoms with Crippen molar-refractivity contribution >= 4 is 11.9 Å². The molecule has 1 saturated carbocycles. The largest absolute Gasteiger partial charge is 0.481 e. The molecule has 0 heterocycles. The summed E-state index contributed by atoms with van der Waals surface area (Å²) in [6.07, 6.45) is 4.27. The molecule has 1 N–H and O–H groups in total. The number of hydrogen-bond acceptors (Lipinski definition) is 4. The molecule has 5 heteroatoms. The normalized spacial score (nSPS) is 14.0. The molecule has 2 aromatic carbocycles. The fourth-order valence-corrected chi connectivity index (χ4v) is 3.11. The monoisotopic (exact) mass is 353 g/mol. The van der Waals surface area contributed by atoms with Crippen molar-refractivity contribution in [1.82, 2.24) is 5.32 Å². The molecule has 0 unspecified atom stereocenters. The highest BCUT2D eigenvalue weighted by atomic mass is 16.6. The number of rotatable bonds is 7. The zero-order valence-corrected chi connectivity index (χ0v) is 14.6. The number of benzene rings is 2. The van der Waals surface area contributed by atoms with E-state index in [-0.39, 0.29) is 25.2 Å². The van der Waals surface area contributed by atoms with E-state index in [0.29, 0.717) is 5.75 Å². The van der Waals surface area contributed by atoms with E-state index in [0.717, 1.165) is 36.8 Å². The third-order valence-corrected chi connectivity index (χ3v) is 4.40. The molecule has 0 spiro atoms. The third-order valence-electron chi connectivity index (χ3n) is 4.40. The fraction of sp³-hybridized carbons (Fsp3) is 0.333. The highest BCUT2D eigenvalue weighted by molar-refractivity contribution is 5.81. The first-order valence-electron chi connectivity index (χ1n) is 8.94. The summed E-state index contributed by atoms with van der Waals surface area (Å²) >= 11 is 0. The Bertz CT molecular complexity index is 739. The molecule has 3 rings (SSSR count). The summed E-state index contributed by atoms with van der Waals surface area (Å²) < 4.78 is 10.6. The second kappa shape index (κ2) is 9.04. The number of amides is 1. The first-order valence-corrected chi connectivity index (χ1v) is 8.94. The quantitative estimate of drug-likeness (QED) is 0.776. The molecular weight excluding hydrogens is 330 g/mol. The molecule has 1 amide bonds. The Balaban J connectivity index is 1.48. The molecule has 2 aromatic rings. The first kappa shape index (κ1) is 18.0. The number of para-hydroxylation sites is 1. The summed E-state index contributed by atoms with van der Waals surface area (Å²) in [6, 6.07) is 17.5. The molecular formula is C21H23NO4. The van der Waals surface area contributed by atoms with Crippen LogP contribution in [0.15, 0.2) is 54.6 Å². The number of esters is 1. The van der Waals surface area contributed by atoms with Gasteiger partial charge in [-0.05, 0) is 24.5 Å². The van der Waals surface area contributed by atoms with E-state index >= 15 is 0 Å². The zero-order chi connectivity index (χ0) is 18.2. The van der Waals surface area contributed by atoms with Crippen molar-refractivity contribution in [3.8, 4) is 16.9 Å². The number of ether oxygens (including phenoxy) is 2. The zero-order valence-electron chi connectivity index (χ0n) is 14.6. The van der Waals surface area contributed by atoms with Gasteiger partial charge in [0.05, 0.1) is 0 Å². The first-order chi connectivity index (χ1) is 12.7. The number of carbonyl (C=O) groups is 2. The lowest BCUT2D eigenvalue weighted by Crippen LogP contribution is -2.36. The highest BCUT2D eigenvalue weighted by Crippen LogP contribution is 2.29. The van der Waals surface area contributed by atoms with Gasteiger partial charge in [-0.15, -0.1) is 0 Å². The molecule has 0 radical (unpaired) electrons. The molecule has 0 saturated heterocycles. The second-order valence-electron chi connectivity index (χ2n) is 6.36. The minimum absolute atomic E-state index is 0.218. The summed E-state index contributed by atoms with van der Waals surface area (Å²) in [7, 11) is 0. The average molecular weight is 353 g/mol. The molecule has 26 heavy (non-hydrogen) atoms. The van der Waals surface area contributed by atoms with Crippen molar-refractivity contribution in [3.63, 3.8) is 0 Å². The van der Waals surface area contributed by atoms with Crippen LogP contribution in [0.1, 0.15) is 25.7 Å². The summed E-state index contributed by atoms with van der Waals surface area (Å²) in [6.45, 7) is -0.500. The van der Waals surface area contributed by atoms with Crippen molar-refractivity contribution in [2.24, 2.45) is 0 Å². The molecule has 1 aliphatic carbocycles. The van der Waals surface area contributed by atoms with Gasteiger partial charge in [0.1, 0.15) is 5.75 Å². The predicted octanol–water partition coefficient (Wildman–Crippen LogP) is 3.33. The van der Waals surface area contributed by atoms with Crippen LogP contribution < -0.4 is 10.1 Å². The van der Waals surface area contributed by atoms with Crippen LogP contribution in [0.3, 0.4) is 0 Å². The van der Waals surface area contributed by atoms with Gasteiger partial charge in [-0.3, -0.25) is 4.79 Å². The summed E-state index contributed by atoms with van der Waals surface area (Å²) in [4.78, 5) is 23.7. The number of nitrogens with one attached hydrogen (secondary N) is 1. The van der Waals surface area contributed by atoms with Gasteiger partial charge in [0.2, 0.25) is 0 Å². The van der Waals surface area contributed by atoms with Gasteiger partial charge in [-0.1, -0.05) is 61.4 Å². The van der Waals surface area contributed by atoms with Crippen molar-refractivity contribution in [3.05, 3.63) is 54.6 Å². The molecule has 0 bridgehead atoms. The van der Waals surface area contributed by atoms with E-state index in [1.807, 2.05) is 54.6 Å². The van der Waals surface area contributed by atoms with E-state index in [2.05, 4.69) is 5.32 Å². The molecule has 0 aliphatic heterocycles. The Morgan fingerprint density at radius 1 is 0.923 bits per heavy atom. The lowest BCUT2D eigenvalue weighted by atomic mass is 10.1. The topological polar surface area (TPSA) is 64.6 Å². The van der Waals surface area contributed by atoms with Gasteiger partial charge < -0.3 is 14.8 Å². The van der Waals surface area contributed by atoms with E-state index < -0.39 is 5.97 Å². The predicted molar refractivity (Wildman–Crippen MR) is 98.7 cm³/mol. The van der Waals surface area contributed by atoms with Crippen LogP contribution in [-0.2, 0) is 14.3 Å². The summed E-state index contributed by atoms with van der Waals surface area (Å²) in [5.74, 6) is -0.213. The molecule has 1 fully saturated rings. The van der Waals surface area contributed by atoms with Crippen LogP contribution in [0, 0.1) is 0 Å². The van der Waals surface area contributed by atoms with Crippen LogP contribution in [0.25, 0.3) is 11.1 Å². The SMILES string of the molecule is O=C(COC(=O)COc1ccccc1-c1ccccc1)NC1CCCC1. The van der Waals surface area contributed by atoms with Gasteiger partial charge in [-0.25, -0.2) is 4.79 Å². The van der Waals surface area contributed by atoms with Gasteiger partial charge in [0, 0.05) is 11.6 Å². The minimum atomic E-state index is -0.561. The smallest absolute Gasteiger partial charge is 0.344 e. The number of carbonyl (C=O) groups excluding carboxylic acids is 2. The summed E-state index contributed by atoms with van der Waals surface area (Å²) in [5, 5.41) is 2.88. The summed E-state index contributed by atoms with van der Waals surface area (Å²) in [5.41, 5.74) is 1.91. The van der Waals surface area contributed by atoms with Crippen molar-refractivity contribution in [2.75, 3.05) is 13.2 Å². The molecule has 1 aliphatic rings. The van der Waals surface area contributed by atoms with E-state index in [1.54, 1.807) is 0 Å². The van der Waals surface area contributed by atoms with Crippen molar-refractivity contribution in [2.45, 2.75) is 31.7 Å². The maximum atomic E-state index is 11.9. The van der Waals surface area contributed by atoms with E-state index in [1.165, 1.54) is 0 Å². The Kier molecular flexibility index (Phi) is 6.25. The standard InChI is InChI=1S/C21H23NO4/c23-20(22-17-10-4-5-11-17)14-26-21(24)15-25-19-13-7-6-12-18(19)16-8-2-1-3-9-16/h1-3,6-9,12-13,17H,4-5,10-11,14-15H2,(H,22,23). The number of hydrogen-bond donors (Lipinski definition) is 1. The third kappa shape index (κ3) is 5.09. The molecule has 0 aromatic heterocycles. The Labute approximate surface area is 153 Å². The highest BCUT2D eigenvalue weighted by Gasteiger charge is 2.18. The Morgan fingerprint density at radius 3 is 2.38 bits per heavy atom. The fourth-order valence-electron chi connectivity index (χ4n) is 3.11. The minimum Gasteiger partial charge on any atom is -0.481 e. The van der Waals surface area contributed by atoms with Crippen molar-refractivity contribution < 1.29 is 19.1 Å². The van der Waals surface area contributed by atoms with Crippen LogP contribution in [-0.4, -0.2) is 31.1 Å². The average Bonchev–Trinajstić information content (AvgIpc) is 3.18. The molecule has 0 atom stereocenters. The van der Waals surface area contributed by atoms with Crippen molar-refractivity contribution in [1.29, 1.82) is 0 Å². The Hall–Kier alpha value is -2.82. The lowest BCUT2D eigenvalue weighted by Gasteiger charge is -2.13. The lowest BCUT2D eigenvalue weighted by molar-refractivity contribution is -0.150. The van der Waals surface area contributed by atoms with Crippen LogP contribution >= 0.6 is 0 Å². The van der Waals surface area contributed by atoms with Gasteiger partial charge in [-0.2, -0.15) is 0 Å². The second-order valence-corrected chi connectivity index (χ2v) is 6.36. The van der Waals surface area contributed by atoms with Gasteiger partial charge >= 0.3 is 5.97 Å². The van der Waals surface area contributed by atoms with Crippen LogP contribution in [0.5, 0.6) is 5.75 Å². The van der Waals surface area contributed by atoms with Crippen LogP contribution in [0.2, 0.25) is 0 Å². The van der Waals surface area contributed by atoms with E-state index in [4.69, 9.17) is 9.47 Å². The van der Waals surface area contributed by atoms with Crippen LogP contribution in [0.4, 0.5) is 0 Å². The van der Waals surface area contributed by atoms with Gasteiger partial charge in [0.15, 0.2) is 13.2 Å². The maximum Gasteiger partial charge on any atom is 0.344 e. The maximum absolute atomic E-state index is 11.9. The Morgan fingerprint density at radius 2 is 1.62 bits per heavy atom. The van der Waals surface area contributed by atoms with Gasteiger partial charge in [0.25, 0.3) is 5.91 Å². The van der Waals surface area contributed by atoms with E-state index in [9.17, 15) is 9.59 Å². The molecule has 136 valence electrons.